The number of aliphatic hydroxyl groups excluding tert-OH is 1. The zero-order valence-corrected chi connectivity index (χ0v) is 32.8. The van der Waals surface area contributed by atoms with E-state index in [4.69, 9.17) is 23.7 Å². The number of amides is 2. The molecule has 0 aromatic carbocycles. The van der Waals surface area contributed by atoms with E-state index in [1.807, 2.05) is 0 Å². The molecule has 4 aliphatic carbocycles. The zero-order valence-electron chi connectivity index (χ0n) is 32.8. The monoisotopic (exact) mass is 734 g/mol. The van der Waals surface area contributed by atoms with Crippen LogP contribution in [0.3, 0.4) is 0 Å². The maximum Gasteiger partial charge on any atom is 0.408 e. The fraction of sp³-hybridized carbons (Fsp3) is 0.821. The molecule has 0 aromatic heterocycles. The molecule has 13 heteroatoms. The molecular weight excluding hydrogens is 672 g/mol. The first kappa shape index (κ1) is 41.6. The fourth-order valence-corrected chi connectivity index (χ4v) is 9.97. The topological polar surface area (TPSA) is 176 Å². The van der Waals surface area contributed by atoms with Crippen molar-refractivity contribution in [2.45, 2.75) is 149 Å². The quantitative estimate of drug-likeness (QED) is 0.107. The third kappa shape index (κ3) is 8.30. The first-order valence-electron chi connectivity index (χ1n) is 18.7. The van der Waals surface area contributed by atoms with Crippen LogP contribution >= 0.6 is 0 Å². The van der Waals surface area contributed by atoms with Crippen LogP contribution in [-0.4, -0.2) is 90.8 Å². The maximum absolute atomic E-state index is 14.7. The summed E-state index contributed by atoms with van der Waals surface area (Å²) in [6.07, 6.45) is -0.202. The van der Waals surface area contributed by atoms with E-state index in [-0.39, 0.29) is 48.7 Å². The van der Waals surface area contributed by atoms with Gasteiger partial charge >= 0.3 is 24.1 Å². The standard InChI is InChI=1S/C39H62N2O11/c1-22-24-19-26(43)29-38(21-49-23(2)42)17-14-16-37(9,10)27(38)20-28(48-11)39(29,30(22)44)31(24)50-32(45)25(41-34(47)52-36(6,7)8)15-12-13-18-40-33(46)51-35(3,4)5/h24-29,31,43H,1,12-21H2,2-11H3,(H,40,46)(H,41,47)/t24-,25-,26-,27+,28+,29-,31+,38-,39+/m0/s1. The van der Waals surface area contributed by atoms with Gasteiger partial charge in [0.2, 0.25) is 0 Å². The number of aliphatic hydroxyl groups is 1. The molecule has 2 amide bonds. The van der Waals surface area contributed by atoms with E-state index in [0.29, 0.717) is 25.7 Å². The summed E-state index contributed by atoms with van der Waals surface area (Å²) < 4.78 is 29.2. The lowest BCUT2D eigenvalue weighted by molar-refractivity contribution is -0.272. The molecule has 2 bridgehead atoms. The SMILES string of the molecule is C=C1C(=O)[C@]23[C@H](OC(=O)[C@H](CCCCNC(=O)OC(C)(C)C)NC(=O)OC(C)(C)C)[C@H]1C[C@H](O)[C@H]2[C@]1(COC(C)=O)CCCC(C)(C)[C@H]1C[C@H]3OC. The highest BCUT2D eigenvalue weighted by atomic mass is 16.6. The highest BCUT2D eigenvalue weighted by Crippen LogP contribution is 2.72. The Balaban J connectivity index is 1.68. The second kappa shape index (κ2) is 15.3. The highest BCUT2D eigenvalue weighted by molar-refractivity contribution is 6.05. The molecule has 0 radical (unpaired) electrons. The third-order valence-corrected chi connectivity index (χ3v) is 11.7. The number of nitrogens with one attached hydrogen (secondary N) is 2. The smallest absolute Gasteiger partial charge is 0.408 e. The predicted octanol–water partition coefficient (Wildman–Crippen LogP) is 5.40. The molecule has 4 fully saturated rings. The van der Waals surface area contributed by atoms with Gasteiger partial charge in [0.05, 0.1) is 18.8 Å². The van der Waals surface area contributed by atoms with Crippen molar-refractivity contribution in [2.24, 2.45) is 34.0 Å². The molecule has 0 aliphatic heterocycles. The van der Waals surface area contributed by atoms with Gasteiger partial charge in [-0.25, -0.2) is 14.4 Å². The van der Waals surface area contributed by atoms with E-state index in [1.54, 1.807) is 41.5 Å². The fourth-order valence-electron chi connectivity index (χ4n) is 9.97. The number of carbonyl (C=O) groups excluding carboxylic acids is 5. The summed E-state index contributed by atoms with van der Waals surface area (Å²) in [5, 5.41) is 17.5. The average molecular weight is 735 g/mol. The van der Waals surface area contributed by atoms with Crippen LogP contribution < -0.4 is 10.6 Å². The Bertz CT molecular complexity index is 1400. The Kier molecular flexibility index (Phi) is 12.2. The molecule has 294 valence electrons. The van der Waals surface area contributed by atoms with Crippen molar-refractivity contribution in [1.29, 1.82) is 0 Å². The molecule has 1 spiro atoms. The summed E-state index contributed by atoms with van der Waals surface area (Å²) >= 11 is 0. The Morgan fingerprint density at radius 1 is 0.981 bits per heavy atom. The Labute approximate surface area is 308 Å². The van der Waals surface area contributed by atoms with Crippen LogP contribution in [0.5, 0.6) is 0 Å². The minimum Gasteiger partial charge on any atom is -0.465 e. The van der Waals surface area contributed by atoms with E-state index in [2.05, 4.69) is 31.1 Å². The molecule has 13 nitrogen and oxygen atoms in total. The lowest BCUT2D eigenvalue weighted by Gasteiger charge is -2.67. The van der Waals surface area contributed by atoms with E-state index in [0.717, 1.165) is 12.8 Å². The van der Waals surface area contributed by atoms with Gasteiger partial charge in [-0.1, -0.05) is 26.8 Å². The van der Waals surface area contributed by atoms with Gasteiger partial charge in [0.25, 0.3) is 0 Å². The summed E-state index contributed by atoms with van der Waals surface area (Å²) in [7, 11) is 1.53. The first-order valence-corrected chi connectivity index (χ1v) is 18.7. The highest BCUT2D eigenvalue weighted by Gasteiger charge is 2.78. The van der Waals surface area contributed by atoms with Gasteiger partial charge in [0, 0.05) is 37.8 Å². The first-order chi connectivity index (χ1) is 24.0. The van der Waals surface area contributed by atoms with Crippen LogP contribution in [0.25, 0.3) is 0 Å². The molecule has 0 aromatic rings. The number of ether oxygens (including phenoxy) is 5. The summed E-state index contributed by atoms with van der Waals surface area (Å²) in [4.78, 5) is 66.5. The van der Waals surface area contributed by atoms with E-state index in [1.165, 1.54) is 14.0 Å². The van der Waals surface area contributed by atoms with Crippen LogP contribution in [0.4, 0.5) is 9.59 Å². The number of methoxy groups -OCH3 is 1. The number of esters is 2. The van der Waals surface area contributed by atoms with Gasteiger partial charge in [-0.3, -0.25) is 9.59 Å². The number of rotatable bonds is 11. The summed E-state index contributed by atoms with van der Waals surface area (Å²) in [5.74, 6) is -3.04. The van der Waals surface area contributed by atoms with Crippen LogP contribution in [0.15, 0.2) is 12.2 Å². The minimum atomic E-state index is -1.50. The number of fused-ring (bicyclic) bond motifs is 3. The normalized spacial score (nSPS) is 32.8. The van der Waals surface area contributed by atoms with Crippen molar-refractivity contribution in [3.05, 3.63) is 12.2 Å². The van der Waals surface area contributed by atoms with Gasteiger partial charge < -0.3 is 39.4 Å². The van der Waals surface area contributed by atoms with Crippen molar-refractivity contribution in [3.8, 4) is 0 Å². The van der Waals surface area contributed by atoms with Crippen LogP contribution in [0.1, 0.15) is 114 Å². The number of ketones is 1. The molecule has 52 heavy (non-hydrogen) atoms. The second-order valence-corrected chi connectivity index (χ2v) is 18.0. The average Bonchev–Trinajstić information content (AvgIpc) is 3.12. The largest absolute Gasteiger partial charge is 0.465 e. The van der Waals surface area contributed by atoms with Crippen LogP contribution in [-0.2, 0) is 38.1 Å². The molecule has 9 atom stereocenters. The van der Waals surface area contributed by atoms with Gasteiger partial charge in [-0.15, -0.1) is 0 Å². The molecule has 4 rings (SSSR count). The van der Waals surface area contributed by atoms with Crippen LogP contribution in [0, 0.1) is 34.0 Å². The predicted molar refractivity (Wildman–Crippen MR) is 191 cm³/mol. The number of hydrogen-bond acceptors (Lipinski definition) is 11. The molecule has 0 heterocycles. The molecule has 4 aliphatic rings. The van der Waals surface area contributed by atoms with Crippen molar-refractivity contribution < 1.29 is 52.8 Å². The van der Waals surface area contributed by atoms with Crippen molar-refractivity contribution in [3.63, 3.8) is 0 Å². The maximum atomic E-state index is 14.7. The molecule has 0 saturated heterocycles. The second-order valence-electron chi connectivity index (χ2n) is 18.0. The Morgan fingerprint density at radius 2 is 1.62 bits per heavy atom. The van der Waals surface area contributed by atoms with Gasteiger partial charge in [-0.05, 0) is 103 Å². The lowest BCUT2D eigenvalue weighted by atomic mass is 9.39. The minimum absolute atomic E-state index is 0.0155. The van der Waals surface area contributed by atoms with Crippen LogP contribution in [0.2, 0.25) is 0 Å². The van der Waals surface area contributed by atoms with Gasteiger partial charge in [-0.2, -0.15) is 0 Å². The van der Waals surface area contributed by atoms with E-state index >= 15 is 0 Å². The van der Waals surface area contributed by atoms with E-state index < -0.39 is 82.3 Å². The third-order valence-electron chi connectivity index (χ3n) is 11.7. The molecule has 4 saturated carbocycles. The van der Waals surface area contributed by atoms with Crippen molar-refractivity contribution >= 4 is 29.9 Å². The number of hydrogen-bond donors (Lipinski definition) is 3. The lowest BCUT2D eigenvalue weighted by Crippen LogP contribution is -2.72. The van der Waals surface area contributed by atoms with Gasteiger partial charge in [0.15, 0.2) is 5.78 Å². The number of unbranched alkanes of at least 4 members (excludes halogenated alkanes) is 1. The Morgan fingerprint density at radius 3 is 2.21 bits per heavy atom. The summed E-state index contributed by atoms with van der Waals surface area (Å²) in [6, 6.07) is -1.15. The summed E-state index contributed by atoms with van der Waals surface area (Å²) in [5.41, 5.74) is -3.74. The van der Waals surface area contributed by atoms with Gasteiger partial charge in [0.1, 0.15) is 28.8 Å². The van der Waals surface area contributed by atoms with E-state index in [9.17, 15) is 29.1 Å². The number of alkyl carbamates (subject to hydrolysis) is 2. The Hall–Kier alpha value is -3.19. The summed E-state index contributed by atoms with van der Waals surface area (Å²) in [6.45, 7) is 20.6. The molecular formula is C39H62N2O11. The van der Waals surface area contributed by atoms with Crippen molar-refractivity contribution in [1.82, 2.24) is 10.6 Å². The molecule has 3 N–H and O–H groups in total. The molecule has 0 unspecified atom stereocenters. The van der Waals surface area contributed by atoms with Crippen molar-refractivity contribution in [2.75, 3.05) is 20.3 Å². The zero-order chi connectivity index (χ0) is 39.0. The number of carbonyl (C=O) groups is 5. The number of Topliss-reactive ketones (excluding diaryl/α,β-unsaturated/α-hetero) is 1.